The van der Waals surface area contributed by atoms with Crippen LogP contribution < -0.4 is 10.1 Å². The third-order valence-corrected chi connectivity index (χ3v) is 5.58. The highest BCUT2D eigenvalue weighted by atomic mass is 35.5. The maximum absolute atomic E-state index is 12.4. The number of carbonyl (C=O) groups is 1. The summed E-state index contributed by atoms with van der Waals surface area (Å²) in [5, 5.41) is 3.66. The summed E-state index contributed by atoms with van der Waals surface area (Å²) in [4.78, 5) is 14.4. The number of likely N-dealkylation sites (tertiary alicyclic amines) is 1. The van der Waals surface area contributed by atoms with Crippen LogP contribution in [0.2, 0.25) is 5.02 Å². The van der Waals surface area contributed by atoms with Crippen LogP contribution in [0.1, 0.15) is 37.7 Å². The van der Waals surface area contributed by atoms with Crippen LogP contribution in [0.3, 0.4) is 0 Å². The third kappa shape index (κ3) is 3.74. The molecule has 1 N–H and O–H groups in total. The van der Waals surface area contributed by atoms with Crippen molar-refractivity contribution in [3.63, 3.8) is 0 Å². The van der Waals surface area contributed by atoms with Crippen molar-refractivity contribution >= 4 is 17.6 Å². The molecule has 1 aliphatic heterocycles. The Hall–Kier alpha value is -1.42. The molecule has 126 valence electrons. The van der Waals surface area contributed by atoms with Crippen LogP contribution >= 0.6 is 11.6 Å². The van der Waals surface area contributed by atoms with Crippen molar-refractivity contribution in [3.8, 4) is 5.75 Å². The molecule has 4 nitrogen and oxygen atoms in total. The number of halogens is 1. The zero-order chi connectivity index (χ0) is 16.3. The van der Waals surface area contributed by atoms with Gasteiger partial charge in [-0.15, -0.1) is 0 Å². The van der Waals surface area contributed by atoms with Gasteiger partial charge < -0.3 is 15.0 Å². The van der Waals surface area contributed by atoms with Crippen molar-refractivity contribution < 1.29 is 9.53 Å². The van der Waals surface area contributed by atoms with Crippen molar-refractivity contribution in [3.05, 3.63) is 28.8 Å². The number of amides is 2. The number of rotatable bonds is 4. The summed E-state index contributed by atoms with van der Waals surface area (Å²) in [5.41, 5.74) is 1.56. The molecule has 23 heavy (non-hydrogen) atoms. The molecule has 1 heterocycles. The van der Waals surface area contributed by atoms with E-state index in [9.17, 15) is 4.79 Å². The second-order valence-electron chi connectivity index (χ2n) is 6.83. The van der Waals surface area contributed by atoms with Gasteiger partial charge in [-0.3, -0.25) is 0 Å². The highest BCUT2D eigenvalue weighted by molar-refractivity contribution is 6.32. The Morgan fingerprint density at radius 3 is 2.83 bits per heavy atom. The number of nitrogens with zero attached hydrogens (tertiary/aromatic N) is 1. The van der Waals surface area contributed by atoms with E-state index in [1.165, 1.54) is 25.7 Å². The standard InChI is InChI=1S/C18H25ClN2O2/c1-23-16-12-14(4-5-15(16)19)6-10-20-17(22)21-11-3-9-18(13-21)7-2-8-18/h4-5,12H,2-3,6-11,13H2,1H3,(H,20,22). The van der Waals surface area contributed by atoms with Gasteiger partial charge in [-0.1, -0.05) is 24.1 Å². The molecule has 2 aliphatic rings. The number of piperidine rings is 1. The molecular formula is C18H25ClN2O2. The summed E-state index contributed by atoms with van der Waals surface area (Å²) in [7, 11) is 1.61. The molecule has 0 atom stereocenters. The molecular weight excluding hydrogens is 312 g/mol. The van der Waals surface area contributed by atoms with Crippen molar-refractivity contribution in [2.75, 3.05) is 26.7 Å². The maximum atomic E-state index is 12.4. The number of nitrogens with one attached hydrogen (secondary N) is 1. The van der Waals surface area contributed by atoms with Gasteiger partial charge in [0, 0.05) is 19.6 Å². The highest BCUT2D eigenvalue weighted by Gasteiger charge is 2.41. The lowest BCUT2D eigenvalue weighted by Gasteiger charge is -2.48. The lowest BCUT2D eigenvalue weighted by molar-refractivity contribution is 0.0370. The molecule has 2 fully saturated rings. The molecule has 0 aromatic heterocycles. The van der Waals surface area contributed by atoms with E-state index in [0.29, 0.717) is 22.7 Å². The van der Waals surface area contributed by atoms with E-state index in [1.807, 2.05) is 23.1 Å². The third-order valence-electron chi connectivity index (χ3n) is 5.27. The molecule has 0 bridgehead atoms. The molecule has 1 spiro atoms. The molecule has 1 saturated carbocycles. The van der Waals surface area contributed by atoms with Crippen LogP contribution in [0.4, 0.5) is 4.79 Å². The van der Waals surface area contributed by atoms with E-state index in [-0.39, 0.29) is 6.03 Å². The molecule has 0 radical (unpaired) electrons. The van der Waals surface area contributed by atoms with Crippen LogP contribution in [-0.4, -0.2) is 37.7 Å². The monoisotopic (exact) mass is 336 g/mol. The van der Waals surface area contributed by atoms with Crippen molar-refractivity contribution in [1.82, 2.24) is 10.2 Å². The first-order chi connectivity index (χ1) is 11.1. The molecule has 1 aromatic rings. The molecule has 0 unspecified atom stereocenters. The Morgan fingerprint density at radius 2 is 2.13 bits per heavy atom. The Bertz CT molecular complexity index is 572. The Kier molecular flexibility index (Phi) is 5.00. The topological polar surface area (TPSA) is 41.6 Å². The van der Waals surface area contributed by atoms with Crippen molar-refractivity contribution in [2.24, 2.45) is 5.41 Å². The number of benzene rings is 1. The van der Waals surface area contributed by atoms with E-state index in [4.69, 9.17) is 16.3 Å². The van der Waals surface area contributed by atoms with Crippen molar-refractivity contribution in [1.29, 1.82) is 0 Å². The minimum Gasteiger partial charge on any atom is -0.495 e. The zero-order valence-electron chi connectivity index (χ0n) is 13.7. The predicted octanol–water partition coefficient (Wildman–Crippen LogP) is 3.87. The fraction of sp³-hybridized carbons (Fsp3) is 0.611. The first-order valence-corrected chi connectivity index (χ1v) is 8.85. The summed E-state index contributed by atoms with van der Waals surface area (Å²) in [6.07, 6.45) is 7.12. The Morgan fingerprint density at radius 1 is 1.35 bits per heavy atom. The molecule has 1 saturated heterocycles. The SMILES string of the molecule is COc1cc(CCNC(=O)N2CCCC3(CCC3)C2)ccc1Cl. The lowest BCUT2D eigenvalue weighted by Crippen LogP contribution is -2.52. The Labute approximate surface area is 143 Å². The average Bonchev–Trinajstić information content (AvgIpc) is 2.55. The summed E-state index contributed by atoms with van der Waals surface area (Å²) < 4.78 is 5.22. The number of ether oxygens (including phenoxy) is 1. The van der Waals surface area contributed by atoms with Gasteiger partial charge in [0.15, 0.2) is 0 Å². The Balaban J connectivity index is 1.47. The minimum atomic E-state index is 0.0805. The molecule has 2 amide bonds. The van der Waals surface area contributed by atoms with Gasteiger partial charge in [-0.2, -0.15) is 0 Å². The van der Waals surface area contributed by atoms with Gasteiger partial charge in [0.2, 0.25) is 0 Å². The lowest BCUT2D eigenvalue weighted by atomic mass is 9.64. The second-order valence-corrected chi connectivity index (χ2v) is 7.24. The summed E-state index contributed by atoms with van der Waals surface area (Å²) in [6, 6.07) is 5.82. The van der Waals surface area contributed by atoms with E-state index in [0.717, 1.165) is 31.5 Å². The van der Waals surface area contributed by atoms with E-state index >= 15 is 0 Å². The quantitative estimate of drug-likeness (QED) is 0.907. The molecule has 1 aromatic carbocycles. The van der Waals surface area contributed by atoms with Gasteiger partial charge in [-0.25, -0.2) is 4.79 Å². The normalized spacial score (nSPS) is 19.3. The summed E-state index contributed by atoms with van der Waals surface area (Å²) >= 11 is 6.03. The van der Waals surface area contributed by atoms with Crippen LogP contribution in [0.5, 0.6) is 5.75 Å². The smallest absolute Gasteiger partial charge is 0.317 e. The van der Waals surface area contributed by atoms with Crippen LogP contribution in [0.15, 0.2) is 18.2 Å². The predicted molar refractivity (Wildman–Crippen MR) is 92.2 cm³/mol. The first-order valence-electron chi connectivity index (χ1n) is 8.47. The van der Waals surface area contributed by atoms with E-state index < -0.39 is 0 Å². The second kappa shape index (κ2) is 7.00. The number of hydrogen-bond acceptors (Lipinski definition) is 2. The zero-order valence-corrected chi connectivity index (χ0v) is 14.5. The van der Waals surface area contributed by atoms with Gasteiger partial charge in [0.05, 0.1) is 12.1 Å². The minimum absolute atomic E-state index is 0.0805. The van der Waals surface area contributed by atoms with E-state index in [1.54, 1.807) is 7.11 Å². The van der Waals surface area contributed by atoms with E-state index in [2.05, 4.69) is 5.32 Å². The fourth-order valence-corrected chi connectivity index (χ4v) is 3.95. The maximum Gasteiger partial charge on any atom is 0.317 e. The number of hydrogen-bond donors (Lipinski definition) is 1. The van der Waals surface area contributed by atoms with Crippen molar-refractivity contribution in [2.45, 2.75) is 38.5 Å². The largest absolute Gasteiger partial charge is 0.495 e. The van der Waals surface area contributed by atoms with Crippen LogP contribution in [-0.2, 0) is 6.42 Å². The highest BCUT2D eigenvalue weighted by Crippen LogP contribution is 2.47. The molecule has 1 aliphatic carbocycles. The van der Waals surface area contributed by atoms with Gasteiger partial charge in [0.25, 0.3) is 0 Å². The molecule has 3 rings (SSSR count). The first kappa shape index (κ1) is 16.4. The van der Waals surface area contributed by atoms with Crippen LogP contribution in [0.25, 0.3) is 0 Å². The summed E-state index contributed by atoms with van der Waals surface area (Å²) in [5.74, 6) is 0.679. The van der Waals surface area contributed by atoms with Gasteiger partial charge in [0.1, 0.15) is 5.75 Å². The summed E-state index contributed by atoms with van der Waals surface area (Å²) in [6.45, 7) is 2.46. The van der Waals surface area contributed by atoms with Gasteiger partial charge >= 0.3 is 6.03 Å². The number of carbonyl (C=O) groups excluding carboxylic acids is 1. The van der Waals surface area contributed by atoms with Crippen LogP contribution in [0, 0.1) is 5.41 Å². The number of methoxy groups -OCH3 is 1. The fourth-order valence-electron chi connectivity index (χ4n) is 3.75. The van der Waals surface area contributed by atoms with Gasteiger partial charge in [-0.05, 0) is 55.2 Å². The molecule has 5 heteroatoms. The average molecular weight is 337 g/mol. The number of urea groups is 1.